The van der Waals surface area contributed by atoms with E-state index >= 15 is 0 Å². The maximum Gasteiger partial charge on any atom is -0.00706 e. The summed E-state index contributed by atoms with van der Waals surface area (Å²) in [6, 6.07) is 15.6. The van der Waals surface area contributed by atoms with E-state index in [4.69, 9.17) is 0 Å². The van der Waals surface area contributed by atoms with Gasteiger partial charge in [0.2, 0.25) is 0 Å². The molecular formula is C18H18. The fourth-order valence-corrected chi connectivity index (χ4v) is 2.91. The van der Waals surface area contributed by atoms with Crippen LogP contribution < -0.4 is 0 Å². The number of rotatable bonds is 1. The fourth-order valence-electron chi connectivity index (χ4n) is 2.91. The molecule has 90 valence electrons. The first-order chi connectivity index (χ1) is 8.72. The van der Waals surface area contributed by atoms with Crippen LogP contribution in [-0.2, 0) is 6.42 Å². The molecule has 0 fully saturated rings. The lowest BCUT2D eigenvalue weighted by molar-refractivity contribution is 1.16. The molecule has 0 bridgehead atoms. The van der Waals surface area contributed by atoms with Crippen molar-refractivity contribution in [3.05, 3.63) is 59.2 Å². The zero-order chi connectivity index (χ0) is 12.7. The van der Waals surface area contributed by atoms with Crippen molar-refractivity contribution in [2.45, 2.75) is 27.2 Å². The van der Waals surface area contributed by atoms with Gasteiger partial charge in [0, 0.05) is 0 Å². The summed E-state index contributed by atoms with van der Waals surface area (Å²) >= 11 is 0. The van der Waals surface area contributed by atoms with Crippen LogP contribution in [-0.4, -0.2) is 0 Å². The first kappa shape index (κ1) is 11.3. The van der Waals surface area contributed by atoms with Crippen molar-refractivity contribution in [3.8, 4) is 0 Å². The van der Waals surface area contributed by atoms with E-state index < -0.39 is 0 Å². The zero-order valence-corrected chi connectivity index (χ0v) is 11.2. The average molecular weight is 234 g/mol. The number of hydrogen-bond acceptors (Lipinski definition) is 0. The van der Waals surface area contributed by atoms with E-state index in [1.54, 1.807) is 0 Å². The minimum Gasteiger partial charge on any atom is -0.0614 e. The number of hydrogen-bond donors (Lipinski definition) is 0. The lowest BCUT2D eigenvalue weighted by Crippen LogP contribution is -1.89. The first-order valence-electron chi connectivity index (χ1n) is 6.63. The fraction of sp³-hybridized carbons (Fsp3) is 0.222. The molecule has 0 aliphatic carbocycles. The highest BCUT2D eigenvalue weighted by molar-refractivity contribution is 6.11. The van der Waals surface area contributed by atoms with Gasteiger partial charge in [-0.1, -0.05) is 49.4 Å². The molecule has 0 spiro atoms. The summed E-state index contributed by atoms with van der Waals surface area (Å²) in [7, 11) is 0. The molecule has 0 unspecified atom stereocenters. The molecule has 0 radical (unpaired) electrons. The van der Waals surface area contributed by atoms with Crippen LogP contribution in [0.3, 0.4) is 0 Å². The minimum absolute atomic E-state index is 1.09. The van der Waals surface area contributed by atoms with Gasteiger partial charge in [0.05, 0.1) is 0 Å². The Morgan fingerprint density at radius 1 is 0.778 bits per heavy atom. The van der Waals surface area contributed by atoms with Gasteiger partial charge in [0.1, 0.15) is 0 Å². The highest BCUT2D eigenvalue weighted by Crippen LogP contribution is 2.32. The predicted octanol–water partition coefficient (Wildman–Crippen LogP) is 5.17. The van der Waals surface area contributed by atoms with Crippen LogP contribution in [0.2, 0.25) is 0 Å². The minimum atomic E-state index is 1.09. The molecule has 0 heteroatoms. The van der Waals surface area contributed by atoms with Crippen molar-refractivity contribution in [3.63, 3.8) is 0 Å². The van der Waals surface area contributed by atoms with E-state index in [2.05, 4.69) is 63.2 Å². The van der Waals surface area contributed by atoms with Gasteiger partial charge in [-0.3, -0.25) is 0 Å². The highest BCUT2D eigenvalue weighted by atomic mass is 14.1. The quantitative estimate of drug-likeness (QED) is 0.509. The van der Waals surface area contributed by atoms with Crippen LogP contribution in [0.4, 0.5) is 0 Å². The Morgan fingerprint density at radius 3 is 2.33 bits per heavy atom. The van der Waals surface area contributed by atoms with Crippen LogP contribution in [0.15, 0.2) is 42.5 Å². The SMILES string of the molecule is CCc1cccc2ccc3c(C)ccc(C)c3c12. The molecule has 0 N–H and O–H groups in total. The van der Waals surface area contributed by atoms with Gasteiger partial charge in [-0.15, -0.1) is 0 Å². The lowest BCUT2D eigenvalue weighted by atomic mass is 9.92. The second-order valence-electron chi connectivity index (χ2n) is 5.06. The van der Waals surface area contributed by atoms with Gasteiger partial charge in [0.25, 0.3) is 0 Å². The van der Waals surface area contributed by atoms with Gasteiger partial charge >= 0.3 is 0 Å². The Bertz CT molecular complexity index is 736. The monoisotopic (exact) mass is 234 g/mol. The summed E-state index contributed by atoms with van der Waals surface area (Å²) in [5.41, 5.74) is 4.19. The normalized spacial score (nSPS) is 11.3. The molecule has 0 aromatic heterocycles. The molecule has 0 saturated heterocycles. The molecule has 3 rings (SSSR count). The van der Waals surface area contributed by atoms with Crippen molar-refractivity contribution >= 4 is 21.5 Å². The molecule has 0 aliphatic rings. The van der Waals surface area contributed by atoms with Crippen molar-refractivity contribution in [2.75, 3.05) is 0 Å². The van der Waals surface area contributed by atoms with Crippen LogP contribution in [0.5, 0.6) is 0 Å². The second-order valence-corrected chi connectivity index (χ2v) is 5.06. The second kappa shape index (κ2) is 4.13. The Kier molecular flexibility index (Phi) is 2.59. The zero-order valence-electron chi connectivity index (χ0n) is 11.2. The number of benzene rings is 3. The molecule has 0 atom stereocenters. The van der Waals surface area contributed by atoms with Gasteiger partial charge in [-0.2, -0.15) is 0 Å². The standard InChI is InChI=1S/C18H18/c1-4-14-6-5-7-15-10-11-16-12(2)8-9-13(3)17(16)18(14)15/h5-11H,4H2,1-3H3. The number of aryl methyl sites for hydroxylation is 3. The van der Waals surface area contributed by atoms with Crippen LogP contribution in [0.25, 0.3) is 21.5 Å². The maximum atomic E-state index is 2.26. The summed E-state index contributed by atoms with van der Waals surface area (Å²) in [5.74, 6) is 0. The van der Waals surface area contributed by atoms with Gasteiger partial charge in [-0.05, 0) is 58.5 Å². The third-order valence-electron chi connectivity index (χ3n) is 3.92. The number of fused-ring (bicyclic) bond motifs is 3. The van der Waals surface area contributed by atoms with Gasteiger partial charge < -0.3 is 0 Å². The van der Waals surface area contributed by atoms with Gasteiger partial charge in [0.15, 0.2) is 0 Å². The molecule has 3 aromatic rings. The third kappa shape index (κ3) is 1.53. The predicted molar refractivity (Wildman–Crippen MR) is 80.3 cm³/mol. The molecule has 3 aromatic carbocycles. The van der Waals surface area contributed by atoms with Crippen LogP contribution >= 0.6 is 0 Å². The summed E-state index contributed by atoms with van der Waals surface area (Å²) in [4.78, 5) is 0. The first-order valence-corrected chi connectivity index (χ1v) is 6.63. The van der Waals surface area contributed by atoms with Crippen molar-refractivity contribution in [1.29, 1.82) is 0 Å². The van der Waals surface area contributed by atoms with Gasteiger partial charge in [-0.25, -0.2) is 0 Å². The molecule has 0 saturated carbocycles. The van der Waals surface area contributed by atoms with E-state index in [9.17, 15) is 0 Å². The molecule has 0 nitrogen and oxygen atoms in total. The Balaban J connectivity index is 2.63. The van der Waals surface area contributed by atoms with Crippen molar-refractivity contribution < 1.29 is 0 Å². The highest BCUT2D eigenvalue weighted by Gasteiger charge is 2.08. The molecule has 0 aliphatic heterocycles. The van der Waals surface area contributed by atoms with Crippen LogP contribution in [0, 0.1) is 13.8 Å². The van der Waals surface area contributed by atoms with E-state index in [-0.39, 0.29) is 0 Å². The Labute approximate surface area is 108 Å². The third-order valence-corrected chi connectivity index (χ3v) is 3.92. The largest absolute Gasteiger partial charge is 0.0614 e. The van der Waals surface area contributed by atoms with Crippen molar-refractivity contribution in [1.82, 2.24) is 0 Å². The summed E-state index contributed by atoms with van der Waals surface area (Å²) in [6.45, 7) is 6.65. The van der Waals surface area contributed by atoms with E-state index in [0.29, 0.717) is 0 Å². The van der Waals surface area contributed by atoms with Crippen molar-refractivity contribution in [2.24, 2.45) is 0 Å². The molecule has 0 amide bonds. The molecule has 0 heterocycles. The summed E-state index contributed by atoms with van der Waals surface area (Å²) in [6.07, 6.45) is 1.09. The topological polar surface area (TPSA) is 0 Å². The summed E-state index contributed by atoms with van der Waals surface area (Å²) in [5, 5.41) is 5.63. The average Bonchev–Trinajstić information content (AvgIpc) is 2.41. The molecule has 18 heavy (non-hydrogen) atoms. The van der Waals surface area contributed by atoms with E-state index in [0.717, 1.165) is 6.42 Å². The van der Waals surface area contributed by atoms with Crippen LogP contribution in [0.1, 0.15) is 23.6 Å². The van der Waals surface area contributed by atoms with E-state index in [1.807, 2.05) is 0 Å². The lowest BCUT2D eigenvalue weighted by Gasteiger charge is -2.12. The van der Waals surface area contributed by atoms with E-state index in [1.165, 1.54) is 38.2 Å². The smallest absolute Gasteiger partial charge is 0.00706 e. The Morgan fingerprint density at radius 2 is 1.56 bits per heavy atom. The molecular weight excluding hydrogens is 216 g/mol. The maximum absolute atomic E-state index is 2.26. The summed E-state index contributed by atoms with van der Waals surface area (Å²) < 4.78 is 0. The Hall–Kier alpha value is -1.82.